The van der Waals surface area contributed by atoms with Crippen LogP contribution < -0.4 is 5.32 Å². The summed E-state index contributed by atoms with van der Waals surface area (Å²) in [5.41, 5.74) is 3.35. The monoisotopic (exact) mass is 429 g/mol. The van der Waals surface area contributed by atoms with E-state index in [1.807, 2.05) is 52.1 Å². The summed E-state index contributed by atoms with van der Waals surface area (Å²) in [5.74, 6) is -0.254. The first-order chi connectivity index (χ1) is 14.2. The third kappa shape index (κ3) is 4.91. The summed E-state index contributed by atoms with van der Waals surface area (Å²) in [6, 6.07) is 12.8. The van der Waals surface area contributed by atoms with Gasteiger partial charge in [-0.3, -0.25) is 4.79 Å². The molecule has 2 aromatic rings. The van der Waals surface area contributed by atoms with Crippen molar-refractivity contribution in [3.8, 4) is 0 Å². The van der Waals surface area contributed by atoms with E-state index < -0.39 is 10.0 Å². The van der Waals surface area contributed by atoms with Crippen molar-refractivity contribution >= 4 is 15.9 Å². The van der Waals surface area contributed by atoms with Gasteiger partial charge in [-0.1, -0.05) is 42.8 Å². The highest BCUT2D eigenvalue weighted by Crippen LogP contribution is 2.23. The van der Waals surface area contributed by atoms with Crippen LogP contribution in [-0.2, 0) is 10.0 Å². The zero-order valence-corrected chi connectivity index (χ0v) is 19.0. The Bertz CT molecular complexity index is 995. The third-order valence-corrected chi connectivity index (χ3v) is 7.64. The lowest BCUT2D eigenvalue weighted by Gasteiger charge is -2.31. The number of likely N-dealkylation sites (N-methyl/N-ethyl adjacent to an activating group) is 1. The van der Waals surface area contributed by atoms with Crippen molar-refractivity contribution in [2.24, 2.45) is 0 Å². The molecule has 1 N–H and O–H groups in total. The summed E-state index contributed by atoms with van der Waals surface area (Å²) in [4.78, 5) is 15.3. The van der Waals surface area contributed by atoms with E-state index in [2.05, 4.69) is 10.2 Å². The summed E-state index contributed by atoms with van der Waals surface area (Å²) in [6.07, 6.45) is 0.743. The van der Waals surface area contributed by atoms with E-state index in [0.717, 1.165) is 23.1 Å². The Morgan fingerprint density at radius 2 is 1.67 bits per heavy atom. The van der Waals surface area contributed by atoms with Gasteiger partial charge < -0.3 is 10.2 Å². The van der Waals surface area contributed by atoms with Crippen LogP contribution in [0.15, 0.2) is 47.4 Å². The van der Waals surface area contributed by atoms with Crippen molar-refractivity contribution in [2.75, 3.05) is 33.2 Å². The highest BCUT2D eigenvalue weighted by atomic mass is 32.2. The van der Waals surface area contributed by atoms with E-state index in [-0.39, 0.29) is 16.8 Å². The molecular weight excluding hydrogens is 398 g/mol. The zero-order chi connectivity index (χ0) is 21.9. The predicted octanol–water partition coefficient (Wildman–Crippen LogP) is 3.12. The van der Waals surface area contributed by atoms with Crippen molar-refractivity contribution in [1.82, 2.24) is 14.5 Å². The number of sulfonamides is 1. The first-order valence-electron chi connectivity index (χ1n) is 10.4. The molecule has 7 heteroatoms. The number of piperazine rings is 1. The lowest BCUT2D eigenvalue weighted by molar-refractivity contribution is 0.0934. The maximum atomic E-state index is 13.1. The Hall–Kier alpha value is -2.22. The van der Waals surface area contributed by atoms with Gasteiger partial charge in [0.05, 0.1) is 10.9 Å². The Morgan fingerprint density at radius 1 is 1.03 bits per heavy atom. The molecule has 1 aliphatic heterocycles. The summed E-state index contributed by atoms with van der Waals surface area (Å²) < 4.78 is 27.7. The van der Waals surface area contributed by atoms with Crippen molar-refractivity contribution in [1.29, 1.82) is 0 Å². The van der Waals surface area contributed by atoms with Gasteiger partial charge in [0, 0.05) is 31.7 Å². The van der Waals surface area contributed by atoms with Gasteiger partial charge in [-0.25, -0.2) is 8.42 Å². The Labute approximate surface area is 179 Å². The second-order valence-corrected chi connectivity index (χ2v) is 9.97. The maximum Gasteiger partial charge on any atom is 0.252 e. The van der Waals surface area contributed by atoms with E-state index >= 15 is 0 Å². The molecule has 1 aliphatic rings. The van der Waals surface area contributed by atoms with E-state index in [9.17, 15) is 13.2 Å². The standard InChI is InChI=1S/C23H31N3O3S/c1-5-22(19-9-6-17(2)7-10-19)24-23(27)21-16-20(11-8-18(21)3)30(28,29)26-14-12-25(4)13-15-26/h6-11,16,22H,5,12-15H2,1-4H3,(H,24,27). The van der Waals surface area contributed by atoms with Crippen molar-refractivity contribution in [2.45, 2.75) is 38.1 Å². The minimum Gasteiger partial charge on any atom is -0.345 e. The normalized spacial score (nSPS) is 16.9. The fourth-order valence-corrected chi connectivity index (χ4v) is 5.09. The van der Waals surface area contributed by atoms with E-state index in [4.69, 9.17) is 0 Å². The summed E-state index contributed by atoms with van der Waals surface area (Å²) in [7, 11) is -1.64. The molecule has 1 saturated heterocycles. The summed E-state index contributed by atoms with van der Waals surface area (Å²) in [6.45, 7) is 8.19. The fourth-order valence-electron chi connectivity index (χ4n) is 3.64. The van der Waals surface area contributed by atoms with Crippen LogP contribution in [0.3, 0.4) is 0 Å². The van der Waals surface area contributed by atoms with Crippen LogP contribution in [-0.4, -0.2) is 56.8 Å². The fraction of sp³-hybridized carbons (Fsp3) is 0.435. The molecule has 0 saturated carbocycles. The second kappa shape index (κ2) is 9.29. The Balaban J connectivity index is 1.83. The van der Waals surface area contributed by atoms with E-state index in [1.54, 1.807) is 12.1 Å². The van der Waals surface area contributed by atoms with E-state index in [0.29, 0.717) is 31.7 Å². The van der Waals surface area contributed by atoms with Gasteiger partial charge in [-0.2, -0.15) is 4.31 Å². The highest BCUT2D eigenvalue weighted by Gasteiger charge is 2.28. The molecule has 0 aromatic heterocycles. The van der Waals surface area contributed by atoms with Crippen molar-refractivity contribution in [3.05, 3.63) is 64.7 Å². The molecule has 1 unspecified atom stereocenters. The molecule has 1 fully saturated rings. The molecule has 30 heavy (non-hydrogen) atoms. The number of nitrogens with one attached hydrogen (secondary N) is 1. The minimum atomic E-state index is -3.62. The van der Waals surface area contributed by atoms with Crippen LogP contribution in [0.2, 0.25) is 0 Å². The number of hydrogen-bond donors (Lipinski definition) is 1. The predicted molar refractivity (Wildman–Crippen MR) is 119 cm³/mol. The molecule has 3 rings (SSSR count). The van der Waals surface area contributed by atoms with Crippen LogP contribution in [0.1, 0.15) is 46.4 Å². The number of nitrogens with zero attached hydrogens (tertiary/aromatic N) is 2. The van der Waals surface area contributed by atoms with Crippen molar-refractivity contribution in [3.63, 3.8) is 0 Å². The number of rotatable bonds is 6. The number of aryl methyl sites for hydroxylation is 2. The lowest BCUT2D eigenvalue weighted by atomic mass is 10.0. The minimum absolute atomic E-state index is 0.129. The van der Waals surface area contributed by atoms with Gasteiger partial charge >= 0.3 is 0 Å². The lowest BCUT2D eigenvalue weighted by Crippen LogP contribution is -2.47. The number of benzene rings is 2. The van der Waals surface area contributed by atoms with E-state index in [1.165, 1.54) is 10.4 Å². The molecule has 0 spiro atoms. The first kappa shape index (κ1) is 22.5. The largest absolute Gasteiger partial charge is 0.345 e. The average Bonchev–Trinajstić information content (AvgIpc) is 2.73. The summed E-state index contributed by atoms with van der Waals surface area (Å²) >= 11 is 0. The van der Waals surface area contributed by atoms with Crippen LogP contribution in [0.25, 0.3) is 0 Å². The Kier molecular flexibility index (Phi) is 6.95. The molecule has 2 aromatic carbocycles. The van der Waals surface area contributed by atoms with Gasteiger partial charge in [-0.05, 0) is 50.6 Å². The molecule has 1 heterocycles. The van der Waals surface area contributed by atoms with Crippen LogP contribution in [0.4, 0.5) is 0 Å². The average molecular weight is 430 g/mol. The van der Waals surface area contributed by atoms with Gasteiger partial charge in [0.2, 0.25) is 10.0 Å². The smallest absolute Gasteiger partial charge is 0.252 e. The third-order valence-electron chi connectivity index (χ3n) is 5.75. The van der Waals surface area contributed by atoms with Gasteiger partial charge in [0.1, 0.15) is 0 Å². The SMILES string of the molecule is CCC(NC(=O)c1cc(S(=O)(=O)N2CCN(C)CC2)ccc1C)c1ccc(C)cc1. The quantitative estimate of drug-likeness (QED) is 0.766. The van der Waals surface area contributed by atoms with Crippen LogP contribution in [0.5, 0.6) is 0 Å². The molecule has 6 nitrogen and oxygen atoms in total. The van der Waals surface area contributed by atoms with Crippen LogP contribution in [0, 0.1) is 13.8 Å². The molecule has 0 aliphatic carbocycles. The molecular formula is C23H31N3O3S. The van der Waals surface area contributed by atoms with Gasteiger partial charge in [-0.15, -0.1) is 0 Å². The van der Waals surface area contributed by atoms with Crippen molar-refractivity contribution < 1.29 is 13.2 Å². The number of carbonyl (C=O) groups is 1. The topological polar surface area (TPSA) is 69.7 Å². The second-order valence-electron chi connectivity index (χ2n) is 8.03. The number of amides is 1. The first-order valence-corrected chi connectivity index (χ1v) is 11.8. The summed E-state index contributed by atoms with van der Waals surface area (Å²) in [5, 5.41) is 3.07. The number of hydrogen-bond acceptors (Lipinski definition) is 4. The van der Waals surface area contributed by atoms with Gasteiger partial charge in [0.15, 0.2) is 0 Å². The number of carbonyl (C=O) groups excluding carboxylic acids is 1. The van der Waals surface area contributed by atoms with Crippen LogP contribution >= 0.6 is 0 Å². The molecule has 162 valence electrons. The maximum absolute atomic E-state index is 13.1. The zero-order valence-electron chi connectivity index (χ0n) is 18.2. The molecule has 1 amide bonds. The molecule has 0 bridgehead atoms. The Morgan fingerprint density at radius 3 is 2.27 bits per heavy atom. The molecule has 1 atom stereocenters. The van der Waals surface area contributed by atoms with Gasteiger partial charge in [0.25, 0.3) is 5.91 Å². The molecule has 0 radical (unpaired) electrons. The highest BCUT2D eigenvalue weighted by molar-refractivity contribution is 7.89.